The highest BCUT2D eigenvalue weighted by atomic mass is 79.9. The monoisotopic (exact) mass is 253 g/mol. The van der Waals surface area contributed by atoms with Gasteiger partial charge in [-0.05, 0) is 40.5 Å². The normalized spacial score (nSPS) is 10.7. The van der Waals surface area contributed by atoms with Gasteiger partial charge >= 0.3 is 5.97 Å². The van der Waals surface area contributed by atoms with Crippen LogP contribution in [0.4, 0.5) is 0 Å². The van der Waals surface area contributed by atoms with Gasteiger partial charge in [0.15, 0.2) is 0 Å². The zero-order valence-electron chi connectivity index (χ0n) is 7.47. The van der Waals surface area contributed by atoms with Crippen LogP contribution in [0.5, 0.6) is 0 Å². The molecule has 2 aromatic rings. The summed E-state index contributed by atoms with van der Waals surface area (Å²) in [5.41, 5.74) is 2.14. The first kappa shape index (κ1) is 9.27. The molecule has 1 aromatic carbocycles. The molecule has 0 radical (unpaired) electrons. The zero-order chi connectivity index (χ0) is 10.3. The number of carbonyl (C=O) groups is 1. The molecule has 14 heavy (non-hydrogen) atoms. The number of halogens is 1. The largest absolute Gasteiger partial charge is 0.477 e. The van der Waals surface area contributed by atoms with Crippen LogP contribution in [0.15, 0.2) is 22.7 Å². The van der Waals surface area contributed by atoms with Gasteiger partial charge in [0.1, 0.15) is 5.69 Å². The van der Waals surface area contributed by atoms with Gasteiger partial charge in [-0.25, -0.2) is 4.79 Å². The first-order valence-corrected chi connectivity index (χ1v) is 4.90. The van der Waals surface area contributed by atoms with Crippen LogP contribution >= 0.6 is 15.9 Å². The fourth-order valence-electron chi connectivity index (χ4n) is 1.39. The minimum Gasteiger partial charge on any atom is -0.477 e. The van der Waals surface area contributed by atoms with Crippen LogP contribution in [0, 0.1) is 6.92 Å². The summed E-state index contributed by atoms with van der Waals surface area (Å²) in [4.78, 5) is 13.6. The average Bonchev–Trinajstić information content (AvgIpc) is 2.56. The summed E-state index contributed by atoms with van der Waals surface area (Å²) in [5.74, 6) is -0.939. The van der Waals surface area contributed by atoms with Crippen molar-refractivity contribution in [2.24, 2.45) is 0 Å². The van der Waals surface area contributed by atoms with Gasteiger partial charge in [0.2, 0.25) is 0 Å². The van der Waals surface area contributed by atoms with Crippen molar-refractivity contribution < 1.29 is 9.90 Å². The molecule has 0 fully saturated rings. The lowest BCUT2D eigenvalue weighted by Crippen LogP contribution is -1.94. The van der Waals surface area contributed by atoms with Crippen LogP contribution in [0.3, 0.4) is 0 Å². The molecule has 2 rings (SSSR count). The van der Waals surface area contributed by atoms with Gasteiger partial charge < -0.3 is 10.1 Å². The second-order valence-corrected chi connectivity index (χ2v) is 3.94. The molecule has 0 spiro atoms. The summed E-state index contributed by atoms with van der Waals surface area (Å²) in [6.07, 6.45) is 0. The van der Waals surface area contributed by atoms with Crippen LogP contribution in [-0.4, -0.2) is 16.1 Å². The van der Waals surface area contributed by atoms with E-state index in [2.05, 4.69) is 20.9 Å². The zero-order valence-corrected chi connectivity index (χ0v) is 9.05. The van der Waals surface area contributed by atoms with Crippen LogP contribution in [0.1, 0.15) is 16.1 Å². The first-order chi connectivity index (χ1) is 6.59. The molecular formula is C10H8BrNO2. The molecule has 0 unspecified atom stereocenters. The molecule has 1 aromatic heterocycles. The number of benzene rings is 1. The summed E-state index contributed by atoms with van der Waals surface area (Å²) in [6.45, 7) is 1.97. The highest BCUT2D eigenvalue weighted by Gasteiger charge is 2.09. The van der Waals surface area contributed by atoms with E-state index in [9.17, 15) is 4.79 Å². The maximum atomic E-state index is 10.7. The number of carboxylic acid groups (broad SMARTS) is 1. The van der Waals surface area contributed by atoms with Crippen LogP contribution in [-0.2, 0) is 0 Å². The fourth-order valence-corrected chi connectivity index (χ4v) is 1.85. The van der Waals surface area contributed by atoms with E-state index in [1.807, 2.05) is 19.1 Å². The fraction of sp³-hybridized carbons (Fsp3) is 0.100. The average molecular weight is 254 g/mol. The number of aromatic amines is 1. The quantitative estimate of drug-likeness (QED) is 0.821. The summed E-state index contributed by atoms with van der Waals surface area (Å²) < 4.78 is 0.943. The Morgan fingerprint density at radius 2 is 2.21 bits per heavy atom. The lowest BCUT2D eigenvalue weighted by Gasteiger charge is -1.97. The molecule has 0 amide bonds. The van der Waals surface area contributed by atoms with Crippen molar-refractivity contribution in [3.8, 4) is 0 Å². The Kier molecular flexibility index (Phi) is 2.07. The summed E-state index contributed by atoms with van der Waals surface area (Å²) >= 11 is 3.43. The summed E-state index contributed by atoms with van der Waals surface area (Å²) in [7, 11) is 0. The minimum atomic E-state index is -0.939. The third-order valence-electron chi connectivity index (χ3n) is 2.16. The van der Waals surface area contributed by atoms with Crippen molar-refractivity contribution in [3.05, 3.63) is 33.9 Å². The van der Waals surface area contributed by atoms with Gasteiger partial charge in [-0.1, -0.05) is 6.07 Å². The Hall–Kier alpha value is -1.29. The number of hydrogen-bond donors (Lipinski definition) is 2. The molecule has 0 saturated heterocycles. The number of aromatic nitrogens is 1. The lowest BCUT2D eigenvalue weighted by molar-refractivity contribution is 0.0691. The van der Waals surface area contributed by atoms with E-state index in [1.165, 1.54) is 0 Å². The number of rotatable bonds is 1. The second-order valence-electron chi connectivity index (χ2n) is 3.15. The Morgan fingerprint density at radius 1 is 1.50 bits per heavy atom. The molecule has 4 heteroatoms. The number of fused-ring (bicyclic) bond motifs is 1. The topological polar surface area (TPSA) is 53.1 Å². The van der Waals surface area contributed by atoms with Gasteiger partial charge in [-0.2, -0.15) is 0 Å². The van der Waals surface area contributed by atoms with Crippen molar-refractivity contribution in [1.82, 2.24) is 4.98 Å². The molecule has 3 nitrogen and oxygen atoms in total. The molecule has 1 heterocycles. The van der Waals surface area contributed by atoms with Gasteiger partial charge in [0.25, 0.3) is 0 Å². The van der Waals surface area contributed by atoms with Crippen LogP contribution in [0.25, 0.3) is 10.9 Å². The van der Waals surface area contributed by atoms with Crippen molar-refractivity contribution in [2.75, 3.05) is 0 Å². The Morgan fingerprint density at radius 3 is 2.86 bits per heavy atom. The molecule has 0 aliphatic rings. The van der Waals surface area contributed by atoms with Crippen LogP contribution < -0.4 is 0 Å². The summed E-state index contributed by atoms with van der Waals surface area (Å²) in [6, 6.07) is 5.45. The Labute approximate surface area is 88.9 Å². The van der Waals surface area contributed by atoms with E-state index in [4.69, 9.17) is 5.11 Å². The number of aryl methyl sites for hydroxylation is 1. The molecule has 0 bridgehead atoms. The third kappa shape index (κ3) is 1.32. The number of H-pyrrole nitrogens is 1. The van der Waals surface area contributed by atoms with Crippen molar-refractivity contribution in [3.63, 3.8) is 0 Å². The van der Waals surface area contributed by atoms with E-state index in [0.717, 1.165) is 20.9 Å². The molecule has 72 valence electrons. The predicted octanol–water partition coefficient (Wildman–Crippen LogP) is 2.94. The van der Waals surface area contributed by atoms with Crippen molar-refractivity contribution in [2.45, 2.75) is 6.92 Å². The maximum absolute atomic E-state index is 10.7. The predicted molar refractivity (Wildman–Crippen MR) is 57.7 cm³/mol. The van der Waals surface area contributed by atoms with E-state index in [0.29, 0.717) is 0 Å². The third-order valence-corrected chi connectivity index (χ3v) is 3.21. The molecule has 0 aliphatic carbocycles. The maximum Gasteiger partial charge on any atom is 0.352 e. The van der Waals surface area contributed by atoms with Gasteiger partial charge in [-0.15, -0.1) is 0 Å². The molecule has 0 atom stereocenters. The smallest absolute Gasteiger partial charge is 0.352 e. The van der Waals surface area contributed by atoms with E-state index < -0.39 is 5.97 Å². The molecule has 0 aliphatic heterocycles. The molecular weight excluding hydrogens is 246 g/mol. The van der Waals surface area contributed by atoms with E-state index in [-0.39, 0.29) is 5.69 Å². The number of aromatic carboxylic acids is 1. The van der Waals surface area contributed by atoms with Crippen molar-refractivity contribution >= 4 is 32.8 Å². The number of hydrogen-bond acceptors (Lipinski definition) is 1. The van der Waals surface area contributed by atoms with E-state index in [1.54, 1.807) is 6.07 Å². The molecule has 0 saturated carbocycles. The lowest BCUT2D eigenvalue weighted by atomic mass is 10.2. The van der Waals surface area contributed by atoms with Crippen molar-refractivity contribution in [1.29, 1.82) is 0 Å². The minimum absolute atomic E-state index is 0.214. The van der Waals surface area contributed by atoms with Gasteiger partial charge in [0, 0.05) is 15.4 Å². The van der Waals surface area contributed by atoms with Crippen LogP contribution in [0.2, 0.25) is 0 Å². The highest BCUT2D eigenvalue weighted by Crippen LogP contribution is 2.27. The number of carboxylic acids is 1. The first-order valence-electron chi connectivity index (χ1n) is 4.10. The standard InChI is InChI=1S/C10H8BrNO2/c1-5-2-3-7-6(9(5)11)4-8(12-7)10(13)14/h2-4,12H,1H3,(H,13,14). The van der Waals surface area contributed by atoms with Gasteiger partial charge in [-0.3, -0.25) is 0 Å². The summed E-state index contributed by atoms with van der Waals surface area (Å²) in [5, 5.41) is 9.70. The Bertz CT molecular complexity index is 516. The molecule has 2 N–H and O–H groups in total. The van der Waals surface area contributed by atoms with Gasteiger partial charge in [0.05, 0.1) is 0 Å². The number of nitrogens with one attached hydrogen (secondary N) is 1. The SMILES string of the molecule is Cc1ccc2[nH]c(C(=O)O)cc2c1Br. The van der Waals surface area contributed by atoms with E-state index >= 15 is 0 Å². The highest BCUT2D eigenvalue weighted by molar-refractivity contribution is 9.10. The second kappa shape index (κ2) is 3.13. The Balaban J connectivity index is 2.77.